The molecule has 7 nitrogen and oxygen atoms in total. The maximum absolute atomic E-state index is 12.4. The van der Waals surface area contributed by atoms with Crippen molar-refractivity contribution in [2.24, 2.45) is 0 Å². The molecule has 0 unspecified atom stereocenters. The molecule has 1 aromatic carbocycles. The topological polar surface area (TPSA) is 99.3 Å². The van der Waals surface area contributed by atoms with E-state index < -0.39 is 23.9 Å². The summed E-state index contributed by atoms with van der Waals surface area (Å²) in [5.74, 6) is -2.47. The third kappa shape index (κ3) is 2.42. The van der Waals surface area contributed by atoms with Crippen molar-refractivity contribution in [1.29, 1.82) is 0 Å². The molecule has 3 N–H and O–H groups in total. The zero-order valence-corrected chi connectivity index (χ0v) is 10.2. The number of aromatic nitrogens is 5. The van der Waals surface area contributed by atoms with E-state index in [4.69, 9.17) is 0 Å². The number of carbonyl (C=O) groups excluding carboxylic acids is 1. The number of H-pyrrole nitrogens is 2. The Balaban J connectivity index is 1.85. The van der Waals surface area contributed by atoms with E-state index in [0.29, 0.717) is 10.9 Å². The van der Waals surface area contributed by atoms with E-state index in [1.807, 2.05) is 0 Å². The van der Waals surface area contributed by atoms with Crippen LogP contribution in [0.2, 0.25) is 0 Å². The van der Waals surface area contributed by atoms with Gasteiger partial charge >= 0.3 is 6.18 Å². The van der Waals surface area contributed by atoms with Crippen LogP contribution in [0.5, 0.6) is 0 Å². The fourth-order valence-electron chi connectivity index (χ4n) is 1.74. The van der Waals surface area contributed by atoms with Gasteiger partial charge in [-0.15, -0.1) is 5.10 Å². The Labute approximate surface area is 114 Å². The monoisotopic (exact) mass is 296 g/mol. The number of nitrogens with zero attached hydrogens (tertiary/aromatic N) is 3. The lowest BCUT2D eigenvalue weighted by Gasteiger charge is -1.99. The van der Waals surface area contributed by atoms with Crippen LogP contribution < -0.4 is 5.32 Å². The van der Waals surface area contributed by atoms with Crippen molar-refractivity contribution in [3.8, 4) is 0 Å². The fraction of sp³-hybridized carbons (Fsp3) is 0.0909. The molecule has 108 valence electrons. The number of amides is 1. The van der Waals surface area contributed by atoms with Gasteiger partial charge in [0.25, 0.3) is 5.91 Å². The molecule has 3 rings (SSSR count). The highest BCUT2D eigenvalue weighted by molar-refractivity contribution is 6.10. The summed E-state index contributed by atoms with van der Waals surface area (Å²) in [6, 6.07) is 6.84. The summed E-state index contributed by atoms with van der Waals surface area (Å²) in [6.07, 6.45) is -4.66. The highest BCUT2D eigenvalue weighted by Crippen LogP contribution is 2.26. The number of fused-ring (bicyclic) bond motifs is 1. The zero-order valence-electron chi connectivity index (χ0n) is 10.2. The largest absolute Gasteiger partial charge is 0.451 e. The molecule has 0 saturated carbocycles. The molecule has 0 saturated heterocycles. The number of nitrogens with one attached hydrogen (secondary N) is 3. The molecule has 2 heterocycles. The first kappa shape index (κ1) is 13.1. The molecule has 10 heteroatoms. The smallest absolute Gasteiger partial charge is 0.288 e. The molecule has 21 heavy (non-hydrogen) atoms. The van der Waals surface area contributed by atoms with E-state index in [-0.39, 0.29) is 5.69 Å². The molecule has 0 bridgehead atoms. The minimum absolute atomic E-state index is 0.0453. The highest BCUT2D eigenvalue weighted by atomic mass is 19.4. The normalized spacial score (nSPS) is 11.8. The Hall–Kier alpha value is -2.91. The molecular weight excluding hydrogens is 289 g/mol. The molecule has 0 aliphatic heterocycles. The predicted octanol–water partition coefficient (Wildman–Crippen LogP) is 1.95. The third-order valence-electron chi connectivity index (χ3n) is 2.66. The van der Waals surface area contributed by atoms with Gasteiger partial charge in [0.1, 0.15) is 0 Å². The SMILES string of the molecule is O=C(Nc1n[nH]c(C(F)(F)F)n1)c1n[nH]c2ccccc12. The van der Waals surface area contributed by atoms with Crippen LogP contribution in [0.1, 0.15) is 16.3 Å². The number of alkyl halides is 3. The first-order chi connectivity index (χ1) is 9.95. The quantitative estimate of drug-likeness (QED) is 0.673. The minimum atomic E-state index is -4.66. The second-order valence-electron chi connectivity index (χ2n) is 4.08. The van der Waals surface area contributed by atoms with Gasteiger partial charge in [-0.25, -0.2) is 0 Å². The van der Waals surface area contributed by atoms with Crippen LogP contribution in [0, 0.1) is 0 Å². The molecule has 0 atom stereocenters. The Bertz CT molecular complexity index is 806. The molecule has 3 aromatic rings. The minimum Gasteiger partial charge on any atom is -0.288 e. The average Bonchev–Trinajstić information content (AvgIpc) is 3.03. The summed E-state index contributed by atoms with van der Waals surface area (Å²) in [5.41, 5.74) is 0.678. The van der Waals surface area contributed by atoms with Crippen molar-refractivity contribution in [3.05, 3.63) is 35.8 Å². The third-order valence-corrected chi connectivity index (χ3v) is 2.66. The van der Waals surface area contributed by atoms with Crippen LogP contribution >= 0.6 is 0 Å². The number of para-hydroxylation sites is 1. The van der Waals surface area contributed by atoms with Gasteiger partial charge in [-0.05, 0) is 6.07 Å². The molecule has 0 aliphatic rings. The van der Waals surface area contributed by atoms with Gasteiger partial charge in [-0.1, -0.05) is 18.2 Å². The van der Waals surface area contributed by atoms with E-state index >= 15 is 0 Å². The van der Waals surface area contributed by atoms with Crippen molar-refractivity contribution in [2.75, 3.05) is 5.32 Å². The molecule has 0 spiro atoms. The second kappa shape index (κ2) is 4.58. The molecule has 0 radical (unpaired) electrons. The van der Waals surface area contributed by atoms with Gasteiger partial charge in [-0.3, -0.25) is 20.3 Å². The standard InChI is InChI=1S/C11H7F3N6O/c12-11(13,14)9-16-10(20-19-9)15-8(21)7-5-3-1-2-4-6(5)17-18-7/h1-4H,(H,17,18)(H2,15,16,19,20,21). The summed E-state index contributed by atoms with van der Waals surface area (Å²) in [6.45, 7) is 0. The second-order valence-corrected chi connectivity index (χ2v) is 4.08. The molecule has 0 aliphatic carbocycles. The van der Waals surface area contributed by atoms with Crippen molar-refractivity contribution in [1.82, 2.24) is 25.4 Å². The number of hydrogen-bond donors (Lipinski definition) is 3. The zero-order chi connectivity index (χ0) is 15.0. The van der Waals surface area contributed by atoms with Crippen LogP contribution in [0.4, 0.5) is 19.1 Å². The Morgan fingerprint density at radius 1 is 1.14 bits per heavy atom. The molecule has 1 amide bonds. The van der Waals surface area contributed by atoms with E-state index in [9.17, 15) is 18.0 Å². The fourth-order valence-corrected chi connectivity index (χ4v) is 1.74. The lowest BCUT2D eigenvalue weighted by molar-refractivity contribution is -0.144. The van der Waals surface area contributed by atoms with Gasteiger partial charge in [0.2, 0.25) is 11.8 Å². The van der Waals surface area contributed by atoms with Crippen LogP contribution in [0.3, 0.4) is 0 Å². The van der Waals surface area contributed by atoms with Gasteiger partial charge in [0.05, 0.1) is 5.52 Å². The lowest BCUT2D eigenvalue weighted by atomic mass is 10.2. The van der Waals surface area contributed by atoms with E-state index in [1.54, 1.807) is 29.4 Å². The average molecular weight is 296 g/mol. The van der Waals surface area contributed by atoms with Crippen molar-refractivity contribution in [3.63, 3.8) is 0 Å². The molecule has 0 fully saturated rings. The summed E-state index contributed by atoms with van der Waals surface area (Å²) in [5, 5.41) is 14.2. The summed E-state index contributed by atoms with van der Waals surface area (Å²) >= 11 is 0. The van der Waals surface area contributed by atoms with Gasteiger partial charge < -0.3 is 0 Å². The van der Waals surface area contributed by atoms with Crippen molar-refractivity contribution < 1.29 is 18.0 Å². The number of halogens is 3. The van der Waals surface area contributed by atoms with E-state index in [2.05, 4.69) is 25.6 Å². The molecular formula is C11H7F3N6O. The van der Waals surface area contributed by atoms with Crippen molar-refractivity contribution >= 4 is 22.8 Å². The Kier molecular flexibility index (Phi) is 2.85. The van der Waals surface area contributed by atoms with E-state index in [0.717, 1.165) is 0 Å². The number of aromatic amines is 2. The number of benzene rings is 1. The molecule has 2 aromatic heterocycles. The summed E-state index contributed by atoms with van der Waals surface area (Å²) in [4.78, 5) is 15.1. The summed E-state index contributed by atoms with van der Waals surface area (Å²) < 4.78 is 37.1. The first-order valence-corrected chi connectivity index (χ1v) is 5.69. The summed E-state index contributed by atoms with van der Waals surface area (Å²) in [7, 11) is 0. The maximum Gasteiger partial charge on any atom is 0.451 e. The Morgan fingerprint density at radius 2 is 1.90 bits per heavy atom. The highest BCUT2D eigenvalue weighted by Gasteiger charge is 2.35. The van der Waals surface area contributed by atoms with Gasteiger partial charge in [-0.2, -0.15) is 23.3 Å². The van der Waals surface area contributed by atoms with Crippen LogP contribution in [0.25, 0.3) is 10.9 Å². The predicted molar refractivity (Wildman–Crippen MR) is 65.4 cm³/mol. The van der Waals surface area contributed by atoms with Gasteiger partial charge in [0, 0.05) is 5.39 Å². The number of carbonyl (C=O) groups is 1. The number of hydrogen-bond acceptors (Lipinski definition) is 4. The van der Waals surface area contributed by atoms with E-state index in [1.165, 1.54) is 0 Å². The number of rotatable bonds is 2. The van der Waals surface area contributed by atoms with Crippen LogP contribution in [0.15, 0.2) is 24.3 Å². The Morgan fingerprint density at radius 3 is 2.62 bits per heavy atom. The van der Waals surface area contributed by atoms with Crippen LogP contribution in [-0.4, -0.2) is 31.3 Å². The first-order valence-electron chi connectivity index (χ1n) is 5.69. The van der Waals surface area contributed by atoms with Crippen LogP contribution in [-0.2, 0) is 6.18 Å². The van der Waals surface area contributed by atoms with Gasteiger partial charge in [0.15, 0.2) is 5.69 Å². The van der Waals surface area contributed by atoms with Crippen molar-refractivity contribution in [2.45, 2.75) is 6.18 Å². The maximum atomic E-state index is 12.4. The lowest BCUT2D eigenvalue weighted by Crippen LogP contribution is -2.14. The number of anilines is 1.